The second kappa shape index (κ2) is 6.84. The Labute approximate surface area is 137 Å². The zero-order chi connectivity index (χ0) is 16.2. The monoisotopic (exact) mass is 335 g/mol. The molecule has 8 heteroatoms. The molecule has 7 nitrogen and oxygen atoms in total. The molecule has 0 bridgehead atoms. The Balaban J connectivity index is 1.66. The Morgan fingerprint density at radius 1 is 1.43 bits per heavy atom. The Morgan fingerprint density at radius 2 is 2.26 bits per heavy atom. The summed E-state index contributed by atoms with van der Waals surface area (Å²) in [6.45, 7) is 2.04. The number of aliphatic hydroxyl groups excluding tert-OH is 1. The van der Waals surface area contributed by atoms with E-state index in [0.717, 1.165) is 5.69 Å². The second-order valence-corrected chi connectivity index (χ2v) is 5.85. The lowest BCUT2D eigenvalue weighted by Gasteiger charge is -2.12. The molecule has 1 aliphatic rings. The number of aromatic nitrogens is 1. The highest BCUT2D eigenvalue weighted by molar-refractivity contribution is 7.14. The third-order valence-corrected chi connectivity index (χ3v) is 4.17. The summed E-state index contributed by atoms with van der Waals surface area (Å²) in [5, 5.41) is 17.3. The number of anilines is 2. The third kappa shape index (κ3) is 3.54. The first-order valence-electron chi connectivity index (χ1n) is 7.23. The van der Waals surface area contributed by atoms with Crippen LogP contribution in [0, 0.1) is 0 Å². The second-order valence-electron chi connectivity index (χ2n) is 4.99. The van der Waals surface area contributed by atoms with Gasteiger partial charge in [0.1, 0.15) is 5.69 Å². The van der Waals surface area contributed by atoms with E-state index in [4.69, 9.17) is 14.6 Å². The molecule has 3 rings (SSSR count). The predicted octanol–water partition coefficient (Wildman–Crippen LogP) is 2.12. The van der Waals surface area contributed by atoms with Crippen LogP contribution in [-0.4, -0.2) is 35.4 Å². The summed E-state index contributed by atoms with van der Waals surface area (Å²) in [6.07, 6.45) is 0.661. The van der Waals surface area contributed by atoms with Crippen molar-refractivity contribution in [3.05, 3.63) is 29.3 Å². The maximum Gasteiger partial charge on any atom is 0.271 e. The molecule has 2 aromatic rings. The highest BCUT2D eigenvalue weighted by Gasteiger charge is 2.16. The number of nitrogens with one attached hydrogen (secondary N) is 2. The van der Waals surface area contributed by atoms with Gasteiger partial charge in [-0.15, -0.1) is 11.3 Å². The van der Waals surface area contributed by atoms with E-state index in [1.807, 2.05) is 25.1 Å². The van der Waals surface area contributed by atoms with Crippen LogP contribution in [0.4, 0.5) is 10.8 Å². The average Bonchev–Trinajstić information content (AvgIpc) is 3.21. The molecule has 1 aliphatic heterocycles. The van der Waals surface area contributed by atoms with Crippen molar-refractivity contribution in [2.24, 2.45) is 0 Å². The number of rotatable bonds is 6. The maximum absolute atomic E-state index is 12.0. The normalized spacial score (nSPS) is 13.7. The van der Waals surface area contributed by atoms with Gasteiger partial charge in [-0.1, -0.05) is 6.92 Å². The Hall–Kier alpha value is -2.32. The van der Waals surface area contributed by atoms with E-state index in [9.17, 15) is 4.79 Å². The number of carbonyl (C=O) groups is 1. The lowest BCUT2D eigenvalue weighted by Crippen LogP contribution is -2.37. The molecule has 23 heavy (non-hydrogen) atoms. The van der Waals surface area contributed by atoms with Crippen LogP contribution in [0.2, 0.25) is 0 Å². The van der Waals surface area contributed by atoms with Gasteiger partial charge in [-0.25, -0.2) is 4.98 Å². The van der Waals surface area contributed by atoms with Gasteiger partial charge in [0.2, 0.25) is 6.79 Å². The van der Waals surface area contributed by atoms with E-state index < -0.39 is 0 Å². The standard InChI is InChI=1S/C15H17N3O4S/c1-2-9(6-19)16-14(20)11-7-23-15(18-11)17-10-3-4-12-13(5-10)22-8-21-12/h3-5,7,9,19H,2,6,8H2,1H3,(H,16,20)(H,17,18). The van der Waals surface area contributed by atoms with E-state index in [-0.39, 0.29) is 25.3 Å². The minimum Gasteiger partial charge on any atom is -0.454 e. The fourth-order valence-electron chi connectivity index (χ4n) is 2.07. The van der Waals surface area contributed by atoms with Gasteiger partial charge >= 0.3 is 0 Å². The molecule has 3 N–H and O–H groups in total. The van der Waals surface area contributed by atoms with Crippen molar-refractivity contribution in [3.63, 3.8) is 0 Å². The SMILES string of the molecule is CCC(CO)NC(=O)c1csc(Nc2ccc3c(c2)OCO3)n1. The first-order valence-corrected chi connectivity index (χ1v) is 8.11. The molecule has 1 atom stereocenters. The Bertz CT molecular complexity index is 700. The van der Waals surface area contributed by atoms with E-state index in [1.165, 1.54) is 11.3 Å². The molecule has 1 amide bonds. The van der Waals surface area contributed by atoms with Crippen molar-refractivity contribution < 1.29 is 19.4 Å². The van der Waals surface area contributed by atoms with Crippen LogP contribution < -0.4 is 20.1 Å². The fraction of sp³-hybridized carbons (Fsp3) is 0.333. The van der Waals surface area contributed by atoms with E-state index in [0.29, 0.717) is 28.7 Å². The summed E-state index contributed by atoms with van der Waals surface area (Å²) in [5.41, 5.74) is 1.13. The van der Waals surface area contributed by atoms with Crippen molar-refractivity contribution in [2.75, 3.05) is 18.7 Å². The third-order valence-electron chi connectivity index (χ3n) is 3.41. The van der Waals surface area contributed by atoms with Gasteiger partial charge in [0.25, 0.3) is 5.91 Å². The minimum atomic E-state index is -0.291. The number of thiazole rings is 1. The summed E-state index contributed by atoms with van der Waals surface area (Å²) in [5.74, 6) is 1.10. The molecule has 0 fully saturated rings. The van der Waals surface area contributed by atoms with E-state index in [2.05, 4.69) is 15.6 Å². The Morgan fingerprint density at radius 3 is 3.04 bits per heavy atom. The van der Waals surface area contributed by atoms with E-state index >= 15 is 0 Å². The lowest BCUT2D eigenvalue weighted by atomic mass is 10.2. The van der Waals surface area contributed by atoms with Gasteiger partial charge in [-0.2, -0.15) is 0 Å². The number of ether oxygens (including phenoxy) is 2. The maximum atomic E-state index is 12.0. The van der Waals surface area contributed by atoms with Crippen molar-refractivity contribution in [1.82, 2.24) is 10.3 Å². The van der Waals surface area contributed by atoms with Gasteiger partial charge in [0.15, 0.2) is 16.6 Å². The fourth-order valence-corrected chi connectivity index (χ4v) is 2.78. The lowest BCUT2D eigenvalue weighted by molar-refractivity contribution is 0.0910. The molecule has 0 spiro atoms. The number of amides is 1. The van der Waals surface area contributed by atoms with Gasteiger partial charge in [0.05, 0.1) is 12.6 Å². The number of aliphatic hydroxyl groups is 1. The number of nitrogens with zero attached hydrogens (tertiary/aromatic N) is 1. The zero-order valence-electron chi connectivity index (χ0n) is 12.5. The first kappa shape index (κ1) is 15.6. The molecular formula is C15H17N3O4S. The predicted molar refractivity (Wildman–Crippen MR) is 86.6 cm³/mol. The smallest absolute Gasteiger partial charge is 0.271 e. The van der Waals surface area contributed by atoms with Crippen molar-refractivity contribution in [1.29, 1.82) is 0 Å². The largest absolute Gasteiger partial charge is 0.454 e. The van der Waals surface area contributed by atoms with Crippen LogP contribution >= 0.6 is 11.3 Å². The summed E-state index contributed by atoms with van der Waals surface area (Å²) in [6, 6.07) is 5.24. The number of fused-ring (bicyclic) bond motifs is 1. The molecular weight excluding hydrogens is 318 g/mol. The van der Waals surface area contributed by atoms with Crippen LogP contribution in [0.3, 0.4) is 0 Å². The van der Waals surface area contributed by atoms with Crippen LogP contribution in [0.15, 0.2) is 23.6 Å². The van der Waals surface area contributed by atoms with Gasteiger partial charge < -0.3 is 25.2 Å². The number of hydrogen-bond donors (Lipinski definition) is 3. The van der Waals surface area contributed by atoms with Crippen LogP contribution in [-0.2, 0) is 0 Å². The zero-order valence-corrected chi connectivity index (χ0v) is 13.4. The van der Waals surface area contributed by atoms with Crippen LogP contribution in [0.25, 0.3) is 0 Å². The quantitative estimate of drug-likeness (QED) is 0.749. The van der Waals surface area contributed by atoms with Crippen LogP contribution in [0.1, 0.15) is 23.8 Å². The van der Waals surface area contributed by atoms with Crippen molar-refractivity contribution in [2.45, 2.75) is 19.4 Å². The topological polar surface area (TPSA) is 92.7 Å². The van der Waals surface area contributed by atoms with Crippen molar-refractivity contribution in [3.8, 4) is 11.5 Å². The summed E-state index contributed by atoms with van der Waals surface area (Å²) < 4.78 is 10.6. The summed E-state index contributed by atoms with van der Waals surface area (Å²) >= 11 is 1.33. The summed E-state index contributed by atoms with van der Waals surface area (Å²) in [4.78, 5) is 16.3. The number of carbonyl (C=O) groups excluding carboxylic acids is 1. The molecule has 2 heterocycles. The van der Waals surface area contributed by atoms with Gasteiger partial charge in [-0.3, -0.25) is 4.79 Å². The molecule has 1 unspecified atom stereocenters. The summed E-state index contributed by atoms with van der Waals surface area (Å²) in [7, 11) is 0. The van der Waals surface area contributed by atoms with Crippen LogP contribution in [0.5, 0.6) is 11.5 Å². The van der Waals surface area contributed by atoms with Gasteiger partial charge in [-0.05, 0) is 18.6 Å². The molecule has 1 aromatic carbocycles. The number of hydrogen-bond acceptors (Lipinski definition) is 7. The van der Waals surface area contributed by atoms with E-state index in [1.54, 1.807) is 5.38 Å². The molecule has 0 saturated carbocycles. The highest BCUT2D eigenvalue weighted by atomic mass is 32.1. The van der Waals surface area contributed by atoms with Crippen molar-refractivity contribution >= 4 is 28.1 Å². The van der Waals surface area contributed by atoms with Gasteiger partial charge in [0, 0.05) is 17.1 Å². The first-order chi connectivity index (χ1) is 11.2. The molecule has 122 valence electrons. The average molecular weight is 335 g/mol. The number of benzene rings is 1. The Kier molecular flexibility index (Phi) is 4.63. The molecule has 0 radical (unpaired) electrons. The minimum absolute atomic E-state index is 0.0886. The molecule has 1 aromatic heterocycles. The highest BCUT2D eigenvalue weighted by Crippen LogP contribution is 2.35. The molecule has 0 saturated heterocycles. The molecule has 0 aliphatic carbocycles.